The van der Waals surface area contributed by atoms with Gasteiger partial charge in [0.2, 0.25) is 0 Å². The molecule has 1 N–H and O–H groups in total. The summed E-state index contributed by atoms with van der Waals surface area (Å²) in [6.45, 7) is 1.93. The highest BCUT2D eigenvalue weighted by Crippen LogP contribution is 2.32. The van der Waals surface area contributed by atoms with Gasteiger partial charge in [-0.3, -0.25) is 4.40 Å². The van der Waals surface area contributed by atoms with Crippen LogP contribution in [-0.4, -0.2) is 34.7 Å². The molecule has 1 aromatic carbocycles. The third kappa shape index (κ3) is 2.59. The lowest BCUT2D eigenvalue weighted by molar-refractivity contribution is 0.0690. The van der Waals surface area contributed by atoms with E-state index < -0.39 is 5.97 Å². The second kappa shape index (κ2) is 5.64. The molecule has 0 aliphatic rings. The summed E-state index contributed by atoms with van der Waals surface area (Å²) in [6.07, 6.45) is 1.71. The number of pyridine rings is 1. The maximum absolute atomic E-state index is 11.7. The van der Waals surface area contributed by atoms with Crippen LogP contribution in [0.3, 0.4) is 0 Å². The van der Waals surface area contributed by atoms with Crippen LogP contribution in [-0.2, 0) is 0 Å². The Bertz CT molecular complexity index is 877. The molecule has 118 valence electrons. The average Bonchev–Trinajstić information content (AvgIpc) is 2.92. The first-order chi connectivity index (χ1) is 11.0. The molecule has 0 radical (unpaired) electrons. The Kier molecular flexibility index (Phi) is 3.65. The van der Waals surface area contributed by atoms with Crippen molar-refractivity contribution in [2.24, 2.45) is 0 Å². The van der Waals surface area contributed by atoms with E-state index in [1.807, 2.05) is 19.1 Å². The Balaban J connectivity index is 2.31. The number of nitrogens with zero attached hydrogens (tertiary/aromatic N) is 2. The summed E-state index contributed by atoms with van der Waals surface area (Å²) in [5.74, 6) is 0.103. The van der Waals surface area contributed by atoms with Crippen LogP contribution in [0.2, 0.25) is 0 Å². The molecule has 0 atom stereocenters. The predicted molar refractivity (Wildman–Crippen MR) is 85.4 cm³/mol. The van der Waals surface area contributed by atoms with Gasteiger partial charge in [-0.1, -0.05) is 0 Å². The highest BCUT2D eigenvalue weighted by molar-refractivity contribution is 5.95. The Hall–Kier alpha value is -3.02. The van der Waals surface area contributed by atoms with Crippen molar-refractivity contribution in [1.29, 1.82) is 0 Å². The van der Waals surface area contributed by atoms with Crippen molar-refractivity contribution in [2.45, 2.75) is 6.92 Å². The van der Waals surface area contributed by atoms with E-state index in [4.69, 9.17) is 9.47 Å². The van der Waals surface area contributed by atoms with E-state index in [-0.39, 0.29) is 5.69 Å². The number of hydrogen-bond donors (Lipinski definition) is 1. The Labute approximate surface area is 132 Å². The lowest BCUT2D eigenvalue weighted by Crippen LogP contribution is -2.03. The molecule has 0 fully saturated rings. The largest absolute Gasteiger partial charge is 0.497 e. The molecule has 3 aromatic rings. The number of carbonyl (C=O) groups is 1. The predicted octanol–water partition coefficient (Wildman–Crippen LogP) is 3.03. The van der Waals surface area contributed by atoms with E-state index in [0.717, 1.165) is 5.56 Å². The SMILES string of the molecule is COc1cc(OC)cc(-c2nc3cc(C)ccn3c2C(=O)O)c1. The fourth-order valence-electron chi connectivity index (χ4n) is 2.50. The molecular formula is C17H16N2O4. The smallest absolute Gasteiger partial charge is 0.355 e. The van der Waals surface area contributed by atoms with Crippen LogP contribution in [0.5, 0.6) is 11.5 Å². The van der Waals surface area contributed by atoms with Crippen molar-refractivity contribution in [1.82, 2.24) is 9.38 Å². The molecule has 0 aliphatic heterocycles. The molecule has 0 amide bonds. The highest BCUT2D eigenvalue weighted by atomic mass is 16.5. The molecule has 23 heavy (non-hydrogen) atoms. The van der Waals surface area contributed by atoms with Crippen molar-refractivity contribution in [3.63, 3.8) is 0 Å². The second-order valence-corrected chi connectivity index (χ2v) is 5.15. The van der Waals surface area contributed by atoms with E-state index in [9.17, 15) is 9.90 Å². The maximum atomic E-state index is 11.7. The van der Waals surface area contributed by atoms with Gasteiger partial charge in [0.15, 0.2) is 5.69 Å². The zero-order valence-corrected chi connectivity index (χ0v) is 13.0. The summed E-state index contributed by atoms with van der Waals surface area (Å²) in [4.78, 5) is 16.2. The Morgan fingerprint density at radius 2 is 1.78 bits per heavy atom. The molecule has 6 heteroatoms. The number of hydrogen-bond acceptors (Lipinski definition) is 4. The topological polar surface area (TPSA) is 73.1 Å². The van der Waals surface area contributed by atoms with Crippen LogP contribution >= 0.6 is 0 Å². The standard InChI is InChI=1S/C17H16N2O4/c1-10-4-5-19-14(6-10)18-15(16(19)17(20)21)11-7-12(22-2)9-13(8-11)23-3/h4-9H,1-3H3,(H,20,21). The van der Waals surface area contributed by atoms with Crippen LogP contribution in [0.25, 0.3) is 16.9 Å². The number of rotatable bonds is 4. The molecule has 2 heterocycles. The summed E-state index contributed by atoms with van der Waals surface area (Å²) in [5, 5.41) is 9.61. The molecule has 0 spiro atoms. The lowest BCUT2D eigenvalue weighted by atomic mass is 10.1. The lowest BCUT2D eigenvalue weighted by Gasteiger charge is -2.07. The fourth-order valence-corrected chi connectivity index (χ4v) is 2.50. The number of imidazole rings is 1. The van der Waals surface area contributed by atoms with Gasteiger partial charge in [-0.25, -0.2) is 9.78 Å². The van der Waals surface area contributed by atoms with Crippen LogP contribution < -0.4 is 9.47 Å². The molecule has 6 nitrogen and oxygen atoms in total. The van der Waals surface area contributed by atoms with Crippen molar-refractivity contribution in [3.8, 4) is 22.8 Å². The second-order valence-electron chi connectivity index (χ2n) is 5.15. The van der Waals surface area contributed by atoms with Gasteiger partial charge >= 0.3 is 5.97 Å². The van der Waals surface area contributed by atoms with Gasteiger partial charge < -0.3 is 14.6 Å². The Morgan fingerprint density at radius 1 is 1.13 bits per heavy atom. The number of ether oxygens (including phenoxy) is 2. The summed E-state index contributed by atoms with van der Waals surface area (Å²) in [7, 11) is 3.09. The van der Waals surface area contributed by atoms with Crippen molar-refractivity contribution in [3.05, 3.63) is 47.8 Å². The minimum Gasteiger partial charge on any atom is -0.497 e. The molecule has 0 saturated heterocycles. The van der Waals surface area contributed by atoms with Gasteiger partial charge in [-0.2, -0.15) is 0 Å². The minimum absolute atomic E-state index is 0.107. The van der Waals surface area contributed by atoms with Gasteiger partial charge in [-0.15, -0.1) is 0 Å². The normalized spacial score (nSPS) is 10.7. The summed E-state index contributed by atoms with van der Waals surface area (Å²) >= 11 is 0. The molecule has 0 unspecified atom stereocenters. The van der Waals surface area contributed by atoms with Gasteiger partial charge in [-0.05, 0) is 36.8 Å². The minimum atomic E-state index is -1.04. The van der Waals surface area contributed by atoms with Crippen LogP contribution in [0.15, 0.2) is 36.5 Å². The van der Waals surface area contributed by atoms with Gasteiger partial charge in [0.1, 0.15) is 22.8 Å². The average molecular weight is 312 g/mol. The van der Waals surface area contributed by atoms with Gasteiger partial charge in [0.05, 0.1) is 14.2 Å². The first-order valence-electron chi connectivity index (χ1n) is 6.99. The summed E-state index contributed by atoms with van der Waals surface area (Å²) < 4.78 is 12.1. The molecule has 0 aliphatic carbocycles. The summed E-state index contributed by atoms with van der Waals surface area (Å²) in [5.41, 5.74) is 2.70. The van der Waals surface area contributed by atoms with E-state index in [0.29, 0.717) is 28.4 Å². The van der Waals surface area contributed by atoms with Crippen molar-refractivity contribution < 1.29 is 19.4 Å². The van der Waals surface area contributed by atoms with E-state index in [1.165, 1.54) is 0 Å². The maximum Gasteiger partial charge on any atom is 0.355 e. The molecule has 3 rings (SSSR count). The first kappa shape index (κ1) is 14.9. The molecule has 0 bridgehead atoms. The zero-order chi connectivity index (χ0) is 16.6. The van der Waals surface area contributed by atoms with E-state index in [1.54, 1.807) is 43.0 Å². The third-order valence-electron chi connectivity index (χ3n) is 3.61. The molecule has 2 aromatic heterocycles. The van der Waals surface area contributed by atoms with Crippen molar-refractivity contribution in [2.75, 3.05) is 14.2 Å². The van der Waals surface area contributed by atoms with Gasteiger partial charge in [0, 0.05) is 17.8 Å². The summed E-state index contributed by atoms with van der Waals surface area (Å²) in [6, 6.07) is 8.89. The van der Waals surface area contributed by atoms with Crippen molar-refractivity contribution >= 4 is 11.6 Å². The molecule has 0 saturated carbocycles. The molecular weight excluding hydrogens is 296 g/mol. The quantitative estimate of drug-likeness (QED) is 0.801. The van der Waals surface area contributed by atoms with E-state index in [2.05, 4.69) is 4.98 Å². The van der Waals surface area contributed by atoms with E-state index >= 15 is 0 Å². The third-order valence-corrected chi connectivity index (χ3v) is 3.61. The number of aryl methyl sites for hydroxylation is 1. The monoisotopic (exact) mass is 312 g/mol. The number of methoxy groups -OCH3 is 2. The number of fused-ring (bicyclic) bond motifs is 1. The highest BCUT2D eigenvalue weighted by Gasteiger charge is 2.21. The number of aromatic nitrogens is 2. The van der Waals surface area contributed by atoms with Crippen LogP contribution in [0.4, 0.5) is 0 Å². The fraction of sp³-hybridized carbons (Fsp3) is 0.176. The Morgan fingerprint density at radius 3 is 2.35 bits per heavy atom. The number of aromatic carboxylic acids is 1. The van der Waals surface area contributed by atoms with Gasteiger partial charge in [0.25, 0.3) is 0 Å². The number of carboxylic acid groups (broad SMARTS) is 1. The zero-order valence-electron chi connectivity index (χ0n) is 13.0. The number of carboxylic acids is 1. The van der Waals surface area contributed by atoms with Crippen LogP contribution in [0.1, 0.15) is 16.1 Å². The number of benzene rings is 1. The first-order valence-corrected chi connectivity index (χ1v) is 6.99. The van der Waals surface area contributed by atoms with Crippen LogP contribution in [0, 0.1) is 6.92 Å².